The summed E-state index contributed by atoms with van der Waals surface area (Å²) < 4.78 is 0. The molecule has 24 heavy (non-hydrogen) atoms. The van der Waals surface area contributed by atoms with Crippen LogP contribution in [0.5, 0.6) is 0 Å². The van der Waals surface area contributed by atoms with Crippen molar-refractivity contribution >= 4 is 23.3 Å². The molecule has 6 nitrogen and oxygen atoms in total. The van der Waals surface area contributed by atoms with Crippen molar-refractivity contribution in [2.24, 2.45) is 5.92 Å². The van der Waals surface area contributed by atoms with Crippen LogP contribution < -0.4 is 11.3 Å². The summed E-state index contributed by atoms with van der Waals surface area (Å²) in [6, 6.07) is 1.35. The van der Waals surface area contributed by atoms with Crippen LogP contribution in [-0.4, -0.2) is 53.9 Å². The quantitative estimate of drug-likeness (QED) is 0.820. The molecular weight excluding hydrogens is 328 g/mol. The zero-order chi connectivity index (χ0) is 17.7. The van der Waals surface area contributed by atoms with E-state index >= 15 is 0 Å². The number of pyridine rings is 1. The number of hydrogen-bond acceptors (Lipinski definition) is 4. The Balaban J connectivity index is 1.91. The van der Waals surface area contributed by atoms with Crippen LogP contribution in [0.3, 0.4) is 0 Å². The number of anilines is 1. The SMILES string of the molecule is CCCCN1CCC(CN(C)C(=O)c2cc(Cl)c(N)[nH]c2=O)CC1. The van der Waals surface area contributed by atoms with Gasteiger partial charge in [-0.05, 0) is 50.9 Å². The number of unbranched alkanes of at least 4 members (excludes halogenated alkanes) is 1. The highest BCUT2D eigenvalue weighted by Gasteiger charge is 2.23. The van der Waals surface area contributed by atoms with Gasteiger partial charge in [-0.1, -0.05) is 24.9 Å². The lowest BCUT2D eigenvalue weighted by Gasteiger charge is -2.33. The molecule has 2 heterocycles. The summed E-state index contributed by atoms with van der Waals surface area (Å²) in [4.78, 5) is 30.9. The van der Waals surface area contributed by atoms with Gasteiger partial charge in [-0.25, -0.2) is 0 Å². The third kappa shape index (κ3) is 4.74. The summed E-state index contributed by atoms with van der Waals surface area (Å²) in [6.07, 6.45) is 4.62. The summed E-state index contributed by atoms with van der Waals surface area (Å²) in [6.45, 7) is 6.19. The minimum atomic E-state index is -0.497. The predicted molar refractivity (Wildman–Crippen MR) is 97.5 cm³/mol. The van der Waals surface area contributed by atoms with E-state index in [-0.39, 0.29) is 22.3 Å². The molecule has 0 atom stereocenters. The topological polar surface area (TPSA) is 82.4 Å². The number of nitrogen functional groups attached to an aromatic ring is 1. The molecule has 2 rings (SSSR count). The molecule has 1 aliphatic heterocycles. The predicted octanol–water partition coefficient (Wildman–Crippen LogP) is 2.19. The summed E-state index contributed by atoms with van der Waals surface area (Å²) >= 11 is 5.91. The molecule has 0 saturated carbocycles. The molecule has 1 fully saturated rings. The van der Waals surface area contributed by atoms with Gasteiger partial charge < -0.3 is 20.5 Å². The lowest BCUT2D eigenvalue weighted by molar-refractivity contribution is 0.0738. The smallest absolute Gasteiger partial charge is 0.262 e. The van der Waals surface area contributed by atoms with Crippen molar-refractivity contribution in [1.82, 2.24) is 14.8 Å². The number of amides is 1. The summed E-state index contributed by atoms with van der Waals surface area (Å²) in [5.74, 6) is 0.243. The van der Waals surface area contributed by atoms with Gasteiger partial charge in [-0.15, -0.1) is 0 Å². The number of piperidine rings is 1. The van der Waals surface area contributed by atoms with Crippen molar-refractivity contribution in [3.8, 4) is 0 Å². The van der Waals surface area contributed by atoms with E-state index in [1.54, 1.807) is 11.9 Å². The van der Waals surface area contributed by atoms with E-state index < -0.39 is 5.56 Å². The van der Waals surface area contributed by atoms with Gasteiger partial charge in [-0.3, -0.25) is 9.59 Å². The highest BCUT2D eigenvalue weighted by molar-refractivity contribution is 6.33. The number of rotatable bonds is 6. The maximum atomic E-state index is 12.5. The number of carbonyl (C=O) groups is 1. The largest absolute Gasteiger partial charge is 0.384 e. The van der Waals surface area contributed by atoms with E-state index in [0.717, 1.165) is 32.5 Å². The van der Waals surface area contributed by atoms with Crippen LogP contribution in [0.4, 0.5) is 5.82 Å². The Morgan fingerprint density at radius 3 is 2.75 bits per heavy atom. The van der Waals surface area contributed by atoms with Gasteiger partial charge in [0.25, 0.3) is 11.5 Å². The maximum absolute atomic E-state index is 12.5. The highest BCUT2D eigenvalue weighted by Crippen LogP contribution is 2.20. The number of H-pyrrole nitrogens is 1. The van der Waals surface area contributed by atoms with E-state index in [1.165, 1.54) is 18.9 Å². The monoisotopic (exact) mass is 354 g/mol. The van der Waals surface area contributed by atoms with E-state index in [1.807, 2.05) is 0 Å². The van der Waals surface area contributed by atoms with Crippen molar-refractivity contribution in [3.63, 3.8) is 0 Å². The number of nitrogens with zero attached hydrogens (tertiary/aromatic N) is 2. The highest BCUT2D eigenvalue weighted by atomic mass is 35.5. The van der Waals surface area contributed by atoms with Gasteiger partial charge in [-0.2, -0.15) is 0 Å². The number of aromatic amines is 1. The van der Waals surface area contributed by atoms with Gasteiger partial charge >= 0.3 is 0 Å². The second kappa shape index (κ2) is 8.53. The average molecular weight is 355 g/mol. The number of halogens is 1. The van der Waals surface area contributed by atoms with Crippen molar-refractivity contribution in [2.45, 2.75) is 32.6 Å². The Morgan fingerprint density at radius 2 is 2.12 bits per heavy atom. The Hall–Kier alpha value is -1.53. The standard InChI is InChI=1S/C17H27ClN4O2/c1-3-4-7-22-8-5-12(6-9-22)11-21(2)17(24)13-10-14(18)15(19)20-16(13)23/h10,12H,3-9,11H2,1-2H3,(H3,19,20,23). The fraction of sp³-hybridized carbons (Fsp3) is 0.647. The number of hydrogen-bond donors (Lipinski definition) is 2. The van der Waals surface area contributed by atoms with Crippen LogP contribution >= 0.6 is 11.6 Å². The molecule has 1 aromatic rings. The molecule has 134 valence electrons. The summed E-state index contributed by atoms with van der Waals surface area (Å²) in [7, 11) is 1.73. The van der Waals surface area contributed by atoms with Crippen molar-refractivity contribution < 1.29 is 4.79 Å². The Morgan fingerprint density at radius 1 is 1.46 bits per heavy atom. The number of aromatic nitrogens is 1. The average Bonchev–Trinajstić information content (AvgIpc) is 2.57. The number of nitrogens with two attached hydrogens (primary N) is 1. The molecule has 1 aromatic heterocycles. The fourth-order valence-corrected chi connectivity index (χ4v) is 3.28. The number of carbonyl (C=O) groups excluding carboxylic acids is 1. The van der Waals surface area contributed by atoms with Gasteiger partial charge in [0.2, 0.25) is 0 Å². The van der Waals surface area contributed by atoms with E-state index in [2.05, 4.69) is 16.8 Å². The van der Waals surface area contributed by atoms with Crippen LogP contribution in [0.25, 0.3) is 0 Å². The molecule has 0 unspecified atom stereocenters. The number of likely N-dealkylation sites (tertiary alicyclic amines) is 1. The van der Waals surface area contributed by atoms with Crippen LogP contribution in [0, 0.1) is 5.92 Å². The van der Waals surface area contributed by atoms with Crippen molar-refractivity contribution in [1.29, 1.82) is 0 Å². The Kier molecular flexibility index (Phi) is 6.69. The van der Waals surface area contributed by atoms with Gasteiger partial charge in [0.05, 0.1) is 5.02 Å². The molecule has 0 radical (unpaired) electrons. The van der Waals surface area contributed by atoms with E-state index in [9.17, 15) is 9.59 Å². The molecule has 1 amide bonds. The molecule has 0 aliphatic carbocycles. The summed E-state index contributed by atoms with van der Waals surface area (Å²) in [5.41, 5.74) is 5.09. The zero-order valence-corrected chi connectivity index (χ0v) is 15.2. The lowest BCUT2D eigenvalue weighted by Crippen LogP contribution is -2.40. The Labute approximate surface area is 148 Å². The molecule has 0 bridgehead atoms. The number of nitrogens with one attached hydrogen (secondary N) is 1. The van der Waals surface area contributed by atoms with Crippen LogP contribution in [0.15, 0.2) is 10.9 Å². The van der Waals surface area contributed by atoms with E-state index in [0.29, 0.717) is 12.5 Å². The molecule has 0 aromatic carbocycles. The molecule has 0 spiro atoms. The van der Waals surface area contributed by atoms with Crippen LogP contribution in [-0.2, 0) is 0 Å². The van der Waals surface area contributed by atoms with Gasteiger partial charge in [0.15, 0.2) is 0 Å². The summed E-state index contributed by atoms with van der Waals surface area (Å²) in [5, 5.41) is 0.190. The van der Waals surface area contributed by atoms with Crippen LogP contribution in [0.1, 0.15) is 43.0 Å². The molecule has 1 aliphatic rings. The molecular formula is C17H27ClN4O2. The van der Waals surface area contributed by atoms with Gasteiger partial charge in [0, 0.05) is 13.6 Å². The fourth-order valence-electron chi connectivity index (χ4n) is 3.13. The minimum absolute atomic E-state index is 0.0390. The lowest BCUT2D eigenvalue weighted by atomic mass is 9.96. The first kappa shape index (κ1) is 18.8. The zero-order valence-electron chi connectivity index (χ0n) is 14.5. The Bertz CT molecular complexity index is 624. The third-order valence-electron chi connectivity index (χ3n) is 4.67. The second-order valence-corrected chi connectivity index (χ2v) is 7.01. The molecule has 3 N–H and O–H groups in total. The molecule has 7 heteroatoms. The second-order valence-electron chi connectivity index (χ2n) is 6.60. The molecule has 1 saturated heterocycles. The first-order chi connectivity index (χ1) is 11.4. The first-order valence-corrected chi connectivity index (χ1v) is 8.96. The maximum Gasteiger partial charge on any atom is 0.262 e. The first-order valence-electron chi connectivity index (χ1n) is 8.58. The minimum Gasteiger partial charge on any atom is -0.384 e. The third-order valence-corrected chi connectivity index (χ3v) is 4.98. The van der Waals surface area contributed by atoms with Crippen molar-refractivity contribution in [2.75, 3.05) is 39.0 Å². The van der Waals surface area contributed by atoms with Gasteiger partial charge in [0.1, 0.15) is 11.4 Å². The van der Waals surface area contributed by atoms with Crippen molar-refractivity contribution in [3.05, 3.63) is 27.0 Å². The normalized spacial score (nSPS) is 16.3. The van der Waals surface area contributed by atoms with E-state index in [4.69, 9.17) is 17.3 Å². The van der Waals surface area contributed by atoms with Crippen LogP contribution in [0.2, 0.25) is 5.02 Å².